The highest BCUT2D eigenvalue weighted by molar-refractivity contribution is 6.04. The maximum atomic E-state index is 11.8. The van der Waals surface area contributed by atoms with Crippen LogP contribution in [0.3, 0.4) is 0 Å². The van der Waals surface area contributed by atoms with Gasteiger partial charge in [-0.3, -0.25) is 29.5 Å². The van der Waals surface area contributed by atoms with Crippen molar-refractivity contribution in [1.82, 2.24) is 10.3 Å². The summed E-state index contributed by atoms with van der Waals surface area (Å²) in [6.45, 7) is 0.0177. The lowest BCUT2D eigenvalue weighted by atomic mass is 10.1. The fourth-order valence-corrected chi connectivity index (χ4v) is 2.11. The molecule has 1 amide bonds. The van der Waals surface area contributed by atoms with E-state index in [2.05, 4.69) is 10.3 Å². The molecule has 2 aromatic rings. The van der Waals surface area contributed by atoms with Crippen molar-refractivity contribution in [2.75, 3.05) is 13.2 Å². The Morgan fingerprint density at radius 2 is 2.04 bits per heavy atom. The number of ether oxygens (including phenoxy) is 1. The first-order valence-electron chi connectivity index (χ1n) is 8.25. The van der Waals surface area contributed by atoms with Crippen molar-refractivity contribution < 1.29 is 24.0 Å². The third-order valence-corrected chi connectivity index (χ3v) is 3.44. The maximum Gasteiger partial charge on any atom is 0.313 e. The zero-order chi connectivity index (χ0) is 20.4. The molecule has 0 aliphatic carbocycles. The summed E-state index contributed by atoms with van der Waals surface area (Å²) in [5.41, 5.74) is 0.756. The number of nitro groups is 1. The van der Waals surface area contributed by atoms with E-state index in [1.165, 1.54) is 30.5 Å². The van der Waals surface area contributed by atoms with Crippen molar-refractivity contribution in [2.24, 2.45) is 0 Å². The van der Waals surface area contributed by atoms with Gasteiger partial charge in [-0.15, -0.1) is 0 Å². The number of nitro benzene ring substituents is 1. The molecule has 0 radical (unpaired) electrons. The molecule has 1 aromatic heterocycles. The third-order valence-electron chi connectivity index (χ3n) is 3.44. The Balaban J connectivity index is 1.71. The number of esters is 1. The van der Waals surface area contributed by atoms with Gasteiger partial charge in [0.1, 0.15) is 13.0 Å². The summed E-state index contributed by atoms with van der Waals surface area (Å²) in [7, 11) is 0. The van der Waals surface area contributed by atoms with Crippen molar-refractivity contribution in [3.63, 3.8) is 0 Å². The van der Waals surface area contributed by atoms with E-state index in [1.54, 1.807) is 24.4 Å². The molecule has 1 N–H and O–H groups in total. The minimum absolute atomic E-state index is 0.0767. The minimum Gasteiger partial charge on any atom is -0.463 e. The Bertz CT molecular complexity index is 896. The Morgan fingerprint density at radius 1 is 1.21 bits per heavy atom. The van der Waals surface area contributed by atoms with Gasteiger partial charge in [0.15, 0.2) is 5.78 Å². The van der Waals surface area contributed by atoms with Crippen LogP contribution in [0, 0.1) is 10.1 Å². The lowest BCUT2D eigenvalue weighted by Gasteiger charge is -2.06. The first-order valence-corrected chi connectivity index (χ1v) is 8.25. The molecule has 28 heavy (non-hydrogen) atoms. The standard InChI is InChI=1S/C19H17N3O6/c23-17(7-6-14-3-1-5-16(11-14)22(26)27)12-18(24)28-10-9-21-19(25)15-4-2-8-20-13-15/h1-8,11,13H,9-10,12H2,(H,21,25)/b7-6-. The summed E-state index contributed by atoms with van der Waals surface area (Å²) in [5, 5.41) is 13.3. The summed E-state index contributed by atoms with van der Waals surface area (Å²) < 4.78 is 4.89. The van der Waals surface area contributed by atoms with Gasteiger partial charge in [0, 0.05) is 24.5 Å². The molecule has 1 heterocycles. The molecule has 0 bridgehead atoms. The quantitative estimate of drug-likeness (QED) is 0.175. The number of carbonyl (C=O) groups excluding carboxylic acids is 3. The number of nitrogens with zero attached hydrogens (tertiary/aromatic N) is 2. The largest absolute Gasteiger partial charge is 0.463 e. The monoisotopic (exact) mass is 383 g/mol. The highest BCUT2D eigenvalue weighted by Gasteiger charge is 2.10. The Morgan fingerprint density at radius 3 is 2.75 bits per heavy atom. The SMILES string of the molecule is O=C(/C=C\c1cccc([N+](=O)[O-])c1)CC(=O)OCCNC(=O)c1cccnc1. The van der Waals surface area contributed by atoms with Crippen LogP contribution < -0.4 is 5.32 Å². The van der Waals surface area contributed by atoms with Gasteiger partial charge < -0.3 is 10.1 Å². The van der Waals surface area contributed by atoms with E-state index in [9.17, 15) is 24.5 Å². The van der Waals surface area contributed by atoms with Crippen LogP contribution in [0.15, 0.2) is 54.9 Å². The number of carbonyl (C=O) groups is 3. The van der Waals surface area contributed by atoms with Gasteiger partial charge in [-0.05, 0) is 23.8 Å². The number of benzene rings is 1. The van der Waals surface area contributed by atoms with Crippen molar-refractivity contribution in [3.8, 4) is 0 Å². The smallest absolute Gasteiger partial charge is 0.313 e. The number of rotatable bonds is 9. The normalized spacial score (nSPS) is 10.4. The molecule has 9 nitrogen and oxygen atoms in total. The molecule has 144 valence electrons. The lowest BCUT2D eigenvalue weighted by Crippen LogP contribution is -2.28. The Labute approximate surface area is 160 Å². The predicted octanol–water partition coefficient (Wildman–Crippen LogP) is 1.94. The highest BCUT2D eigenvalue weighted by atomic mass is 16.6. The van der Waals surface area contributed by atoms with Crippen molar-refractivity contribution in [1.29, 1.82) is 0 Å². The third kappa shape index (κ3) is 6.79. The van der Waals surface area contributed by atoms with Crippen LogP contribution in [0.2, 0.25) is 0 Å². The first-order chi connectivity index (χ1) is 13.5. The summed E-state index contributed by atoms with van der Waals surface area (Å²) in [6, 6.07) is 8.97. The number of hydrogen-bond donors (Lipinski definition) is 1. The molecule has 0 spiro atoms. The topological polar surface area (TPSA) is 128 Å². The summed E-state index contributed by atoms with van der Waals surface area (Å²) in [6.07, 6.45) is 5.03. The lowest BCUT2D eigenvalue weighted by molar-refractivity contribution is -0.384. The molecule has 9 heteroatoms. The number of ketones is 1. The Hall–Kier alpha value is -3.88. The van der Waals surface area contributed by atoms with E-state index >= 15 is 0 Å². The number of nitrogens with one attached hydrogen (secondary N) is 1. The van der Waals surface area contributed by atoms with Crippen LogP contribution in [0.5, 0.6) is 0 Å². The summed E-state index contributed by atoms with van der Waals surface area (Å²) in [5.74, 6) is -1.58. The number of hydrogen-bond acceptors (Lipinski definition) is 7. The van der Waals surface area contributed by atoms with Crippen LogP contribution in [0.25, 0.3) is 6.08 Å². The zero-order valence-corrected chi connectivity index (χ0v) is 14.7. The molecule has 0 unspecified atom stereocenters. The second kappa shape index (κ2) is 10.3. The summed E-state index contributed by atoms with van der Waals surface area (Å²) >= 11 is 0. The molecule has 0 aliphatic rings. The van der Waals surface area contributed by atoms with E-state index in [-0.39, 0.29) is 24.7 Å². The number of aromatic nitrogens is 1. The molecule has 0 aliphatic heterocycles. The average molecular weight is 383 g/mol. The molecule has 2 rings (SSSR count). The molecule has 0 fully saturated rings. The molecule has 1 aromatic carbocycles. The van der Waals surface area contributed by atoms with E-state index in [0.29, 0.717) is 11.1 Å². The fourth-order valence-electron chi connectivity index (χ4n) is 2.11. The first kappa shape index (κ1) is 20.4. The van der Waals surface area contributed by atoms with E-state index in [0.717, 1.165) is 6.08 Å². The molecule has 0 saturated carbocycles. The average Bonchev–Trinajstić information content (AvgIpc) is 2.70. The second-order valence-corrected chi connectivity index (χ2v) is 5.55. The number of pyridine rings is 1. The van der Waals surface area contributed by atoms with Crippen LogP contribution in [0.4, 0.5) is 5.69 Å². The van der Waals surface area contributed by atoms with Gasteiger partial charge in [-0.25, -0.2) is 0 Å². The van der Waals surface area contributed by atoms with Crippen LogP contribution in [0.1, 0.15) is 22.3 Å². The van der Waals surface area contributed by atoms with Crippen molar-refractivity contribution in [2.45, 2.75) is 6.42 Å². The van der Waals surface area contributed by atoms with Crippen molar-refractivity contribution >= 4 is 29.4 Å². The molecular formula is C19H17N3O6. The van der Waals surface area contributed by atoms with Crippen LogP contribution >= 0.6 is 0 Å². The van der Waals surface area contributed by atoms with E-state index in [1.807, 2.05) is 0 Å². The molecule has 0 saturated heterocycles. The van der Waals surface area contributed by atoms with Gasteiger partial charge >= 0.3 is 5.97 Å². The number of allylic oxidation sites excluding steroid dienone is 1. The van der Waals surface area contributed by atoms with E-state index in [4.69, 9.17) is 4.74 Å². The van der Waals surface area contributed by atoms with Crippen LogP contribution in [-0.2, 0) is 14.3 Å². The number of non-ortho nitro benzene ring substituents is 1. The second-order valence-electron chi connectivity index (χ2n) is 5.55. The van der Waals surface area contributed by atoms with Crippen molar-refractivity contribution in [3.05, 3.63) is 76.1 Å². The van der Waals surface area contributed by atoms with Crippen LogP contribution in [-0.4, -0.2) is 40.7 Å². The van der Waals surface area contributed by atoms with E-state index < -0.39 is 23.1 Å². The molecule has 0 atom stereocenters. The van der Waals surface area contributed by atoms with Gasteiger partial charge in [-0.2, -0.15) is 0 Å². The fraction of sp³-hybridized carbons (Fsp3) is 0.158. The number of amides is 1. The zero-order valence-electron chi connectivity index (χ0n) is 14.7. The highest BCUT2D eigenvalue weighted by Crippen LogP contribution is 2.14. The predicted molar refractivity (Wildman–Crippen MR) is 99.3 cm³/mol. The Kier molecular flexibility index (Phi) is 7.53. The van der Waals surface area contributed by atoms with Gasteiger partial charge in [0.05, 0.1) is 17.0 Å². The maximum absolute atomic E-state index is 11.8. The minimum atomic E-state index is -0.732. The van der Waals surface area contributed by atoms with Gasteiger partial charge in [-0.1, -0.05) is 18.2 Å². The molecular weight excluding hydrogens is 366 g/mol. The summed E-state index contributed by atoms with van der Waals surface area (Å²) in [4.78, 5) is 49.2. The van der Waals surface area contributed by atoms with Gasteiger partial charge in [0.2, 0.25) is 0 Å². The van der Waals surface area contributed by atoms with Gasteiger partial charge in [0.25, 0.3) is 11.6 Å².